The van der Waals surface area contributed by atoms with Gasteiger partial charge in [0.1, 0.15) is 11.3 Å². The summed E-state index contributed by atoms with van der Waals surface area (Å²) in [6.07, 6.45) is 2.34. The molecule has 0 aliphatic heterocycles. The van der Waals surface area contributed by atoms with E-state index in [1.54, 1.807) is 0 Å². The molecule has 0 atom stereocenters. The van der Waals surface area contributed by atoms with E-state index in [1.165, 1.54) is 13.8 Å². The number of benzene rings is 1. The fourth-order valence-corrected chi connectivity index (χ4v) is 2.21. The molecule has 0 radical (unpaired) electrons. The molecule has 1 fully saturated rings. The molecule has 0 unspecified atom stereocenters. The molecular formula is C17H17F4NO3. The van der Waals surface area contributed by atoms with Crippen molar-refractivity contribution >= 4 is 17.9 Å². The lowest BCUT2D eigenvalue weighted by Gasteiger charge is -2.13. The molecule has 1 aromatic carbocycles. The van der Waals surface area contributed by atoms with E-state index in [0.29, 0.717) is 0 Å². The van der Waals surface area contributed by atoms with Crippen molar-refractivity contribution in [1.29, 1.82) is 0 Å². The second-order valence-corrected chi connectivity index (χ2v) is 5.46. The fourth-order valence-electron chi connectivity index (χ4n) is 2.21. The summed E-state index contributed by atoms with van der Waals surface area (Å²) < 4.78 is 59.9. The van der Waals surface area contributed by atoms with Crippen LogP contribution in [0.15, 0.2) is 10.6 Å². The lowest BCUT2D eigenvalue weighted by Crippen LogP contribution is -2.15. The van der Waals surface area contributed by atoms with Gasteiger partial charge in [-0.25, -0.2) is 22.4 Å². The van der Waals surface area contributed by atoms with Gasteiger partial charge >= 0.3 is 5.97 Å². The first-order valence-electron chi connectivity index (χ1n) is 7.82. The lowest BCUT2D eigenvalue weighted by molar-refractivity contribution is -0.137. The maximum Gasteiger partial charge on any atom is 0.343 e. The number of hydrogen-bond acceptors (Lipinski definition) is 4. The minimum atomic E-state index is -2.07. The highest BCUT2D eigenvalue weighted by atomic mass is 19.2. The maximum absolute atomic E-state index is 14.2. The van der Waals surface area contributed by atoms with Crippen LogP contribution in [-0.4, -0.2) is 29.9 Å². The molecular weight excluding hydrogens is 342 g/mol. The first-order chi connectivity index (χ1) is 11.8. The normalized spacial score (nSPS) is 15.4. The quantitative estimate of drug-likeness (QED) is 0.160. The molecule has 1 N–H and O–H groups in total. The van der Waals surface area contributed by atoms with Gasteiger partial charge in [-0.15, -0.1) is 0 Å². The van der Waals surface area contributed by atoms with Crippen molar-refractivity contribution in [3.05, 3.63) is 40.0 Å². The van der Waals surface area contributed by atoms with E-state index in [4.69, 9.17) is 4.74 Å². The van der Waals surface area contributed by atoms with Crippen molar-refractivity contribution in [2.75, 3.05) is 6.61 Å². The van der Waals surface area contributed by atoms with Gasteiger partial charge < -0.3 is 9.84 Å². The van der Waals surface area contributed by atoms with E-state index < -0.39 is 51.7 Å². The summed E-state index contributed by atoms with van der Waals surface area (Å²) in [4.78, 5) is 16.0. The molecule has 4 nitrogen and oxygen atoms in total. The van der Waals surface area contributed by atoms with Crippen molar-refractivity contribution in [2.45, 2.75) is 39.2 Å². The third kappa shape index (κ3) is 3.83. The zero-order valence-electron chi connectivity index (χ0n) is 13.7. The number of aliphatic imine (C=N–C) groups is 1. The summed E-state index contributed by atoms with van der Waals surface area (Å²) in [5, 5.41) is 10.3. The van der Waals surface area contributed by atoms with Crippen LogP contribution in [0.2, 0.25) is 0 Å². The molecule has 0 aromatic heterocycles. The zero-order chi connectivity index (χ0) is 18.7. The minimum Gasteiger partial charge on any atom is -0.506 e. The van der Waals surface area contributed by atoms with Crippen LogP contribution in [0.4, 0.5) is 17.6 Å². The Labute approximate surface area is 141 Å². The summed E-state index contributed by atoms with van der Waals surface area (Å²) in [6, 6.07) is -0.0330. The molecule has 0 saturated heterocycles. The molecule has 1 aliphatic carbocycles. The van der Waals surface area contributed by atoms with E-state index in [0.717, 1.165) is 19.1 Å². The molecule has 136 valence electrons. The highest BCUT2D eigenvalue weighted by molar-refractivity contribution is 6.15. The van der Waals surface area contributed by atoms with Gasteiger partial charge in [-0.2, -0.15) is 0 Å². The topological polar surface area (TPSA) is 58.9 Å². The van der Waals surface area contributed by atoms with Gasteiger partial charge in [-0.3, -0.25) is 4.99 Å². The van der Waals surface area contributed by atoms with E-state index in [-0.39, 0.29) is 19.1 Å². The molecule has 1 saturated carbocycles. The molecule has 25 heavy (non-hydrogen) atoms. The molecule has 0 heterocycles. The Morgan fingerprint density at radius 1 is 1.16 bits per heavy atom. The Morgan fingerprint density at radius 3 is 2.28 bits per heavy atom. The third-order valence-electron chi connectivity index (χ3n) is 3.67. The minimum absolute atomic E-state index is 0.0330. The van der Waals surface area contributed by atoms with Crippen LogP contribution >= 0.6 is 0 Å². The van der Waals surface area contributed by atoms with Gasteiger partial charge in [-0.05, 0) is 26.2 Å². The maximum atomic E-state index is 14.2. The summed E-state index contributed by atoms with van der Waals surface area (Å²) in [6.45, 7) is 2.84. The summed E-state index contributed by atoms with van der Waals surface area (Å²) in [5.41, 5.74) is -2.05. The number of halogens is 4. The largest absolute Gasteiger partial charge is 0.506 e. The van der Waals surface area contributed by atoms with Crippen LogP contribution < -0.4 is 0 Å². The van der Waals surface area contributed by atoms with Crippen molar-refractivity contribution < 1.29 is 32.2 Å². The predicted octanol–water partition coefficient (Wildman–Crippen LogP) is 3.87. The standard InChI is InChI=1S/C17H17F4NO3/c1-3-9-11(13(19)15(21)14(20)12(9)18)16(23)10(17(24)25-4-2)7-22-8-5-6-8/h7-8,23H,3-6H2,1-2H3. The lowest BCUT2D eigenvalue weighted by atomic mass is 9.98. The Bertz CT molecular complexity index is 755. The van der Waals surface area contributed by atoms with Crippen LogP contribution in [0, 0.1) is 23.3 Å². The number of ether oxygens (including phenoxy) is 1. The number of carbonyl (C=O) groups is 1. The van der Waals surface area contributed by atoms with Crippen LogP contribution in [0.5, 0.6) is 0 Å². The summed E-state index contributed by atoms with van der Waals surface area (Å²) >= 11 is 0. The number of carbonyl (C=O) groups excluding carboxylic acids is 1. The van der Waals surface area contributed by atoms with Gasteiger partial charge in [0.05, 0.1) is 18.2 Å². The SMILES string of the molecule is CCOC(=O)C(C=NC1CC1)=C(O)c1c(F)c(F)c(F)c(F)c1CC. The molecule has 0 spiro atoms. The Hall–Kier alpha value is -2.38. The first kappa shape index (κ1) is 19.0. The summed E-state index contributed by atoms with van der Waals surface area (Å²) in [7, 11) is 0. The van der Waals surface area contributed by atoms with Crippen LogP contribution in [0.25, 0.3) is 5.76 Å². The molecule has 2 rings (SSSR count). The molecule has 0 amide bonds. The van der Waals surface area contributed by atoms with E-state index >= 15 is 0 Å². The zero-order valence-corrected chi connectivity index (χ0v) is 13.7. The van der Waals surface area contributed by atoms with E-state index in [2.05, 4.69) is 4.99 Å². The van der Waals surface area contributed by atoms with Crippen LogP contribution in [-0.2, 0) is 16.0 Å². The number of aliphatic hydroxyl groups is 1. The van der Waals surface area contributed by atoms with Gasteiger partial charge in [0.15, 0.2) is 23.3 Å². The highest BCUT2D eigenvalue weighted by Crippen LogP contribution is 2.31. The predicted molar refractivity (Wildman–Crippen MR) is 83.3 cm³/mol. The van der Waals surface area contributed by atoms with Crippen molar-refractivity contribution in [3.8, 4) is 0 Å². The molecule has 0 bridgehead atoms. The number of nitrogens with zero attached hydrogens (tertiary/aromatic N) is 1. The number of aliphatic hydroxyl groups excluding tert-OH is 1. The van der Waals surface area contributed by atoms with Crippen molar-refractivity contribution in [2.24, 2.45) is 4.99 Å². The average Bonchev–Trinajstić information content (AvgIpc) is 3.40. The number of esters is 1. The van der Waals surface area contributed by atoms with Crippen LogP contribution in [0.1, 0.15) is 37.8 Å². The Kier molecular flexibility index (Phi) is 5.81. The first-order valence-corrected chi connectivity index (χ1v) is 7.82. The Morgan fingerprint density at radius 2 is 1.76 bits per heavy atom. The Balaban J connectivity index is 2.69. The smallest absolute Gasteiger partial charge is 0.343 e. The molecule has 1 aromatic rings. The number of hydrogen-bond donors (Lipinski definition) is 1. The van der Waals surface area contributed by atoms with Crippen LogP contribution in [0.3, 0.4) is 0 Å². The summed E-state index contributed by atoms with van der Waals surface area (Å²) in [5.74, 6) is -9.53. The fraction of sp³-hybridized carbons (Fsp3) is 0.412. The highest BCUT2D eigenvalue weighted by Gasteiger charge is 2.29. The second kappa shape index (κ2) is 7.67. The average molecular weight is 359 g/mol. The van der Waals surface area contributed by atoms with Gasteiger partial charge in [0.2, 0.25) is 0 Å². The van der Waals surface area contributed by atoms with E-state index in [9.17, 15) is 27.5 Å². The second-order valence-electron chi connectivity index (χ2n) is 5.46. The molecule has 8 heteroatoms. The van der Waals surface area contributed by atoms with Gasteiger partial charge in [-0.1, -0.05) is 6.92 Å². The van der Waals surface area contributed by atoms with Gasteiger partial charge in [0, 0.05) is 11.8 Å². The third-order valence-corrected chi connectivity index (χ3v) is 3.67. The molecule has 1 aliphatic rings. The number of rotatable bonds is 6. The van der Waals surface area contributed by atoms with Gasteiger partial charge in [0.25, 0.3) is 0 Å². The van der Waals surface area contributed by atoms with Crippen molar-refractivity contribution in [3.63, 3.8) is 0 Å². The monoisotopic (exact) mass is 359 g/mol. The van der Waals surface area contributed by atoms with Crippen molar-refractivity contribution in [1.82, 2.24) is 0 Å². The van der Waals surface area contributed by atoms with E-state index in [1.807, 2.05) is 0 Å².